The van der Waals surface area contributed by atoms with Gasteiger partial charge in [-0.25, -0.2) is 8.42 Å². The first-order chi connectivity index (χ1) is 8.26. The van der Waals surface area contributed by atoms with E-state index in [1.165, 1.54) is 0 Å². The molecule has 0 heterocycles. The van der Waals surface area contributed by atoms with Gasteiger partial charge in [-0.3, -0.25) is 0 Å². The Kier molecular flexibility index (Phi) is 4.40. The van der Waals surface area contributed by atoms with Gasteiger partial charge in [0.15, 0.2) is 9.84 Å². The van der Waals surface area contributed by atoms with Gasteiger partial charge in [-0.1, -0.05) is 19.1 Å². The number of benzene rings is 1. The van der Waals surface area contributed by atoms with E-state index >= 15 is 0 Å². The second-order valence-electron chi connectivity index (χ2n) is 4.90. The highest BCUT2D eigenvalue weighted by Gasteiger charge is 2.27. The van der Waals surface area contributed by atoms with E-state index in [0.29, 0.717) is 10.6 Å². The molecule has 0 radical (unpaired) electrons. The van der Waals surface area contributed by atoms with Gasteiger partial charge in [0.05, 0.1) is 28.5 Å². The van der Waals surface area contributed by atoms with Gasteiger partial charge in [-0.2, -0.15) is 0 Å². The van der Waals surface area contributed by atoms with E-state index in [1.54, 1.807) is 43.1 Å². The highest BCUT2D eigenvalue weighted by Crippen LogP contribution is 2.29. The maximum absolute atomic E-state index is 12.1. The number of nitrogens with zero attached hydrogens (tertiary/aromatic N) is 1. The van der Waals surface area contributed by atoms with Crippen molar-refractivity contribution in [1.29, 1.82) is 0 Å². The predicted molar refractivity (Wildman–Crippen MR) is 73.7 cm³/mol. The van der Waals surface area contributed by atoms with Crippen LogP contribution >= 0.6 is 0 Å². The van der Waals surface area contributed by atoms with Crippen LogP contribution in [0.4, 0.5) is 5.69 Å². The van der Waals surface area contributed by atoms with Crippen LogP contribution in [-0.4, -0.2) is 38.5 Å². The Balaban J connectivity index is 3.35. The Bertz CT molecular complexity index is 509. The van der Waals surface area contributed by atoms with E-state index in [2.05, 4.69) is 0 Å². The molecule has 1 aromatic carbocycles. The standard InChI is InChI=1S/C13H21NO3S/c1-5-18(16,17)12-9-7-6-8-11(12)14(4)13(2,3)10-15/h6-9,15H,5,10H2,1-4H3. The zero-order valence-electron chi connectivity index (χ0n) is 11.3. The molecular formula is C13H21NO3S. The fourth-order valence-corrected chi connectivity index (χ4v) is 2.71. The number of rotatable bonds is 5. The van der Waals surface area contributed by atoms with Crippen molar-refractivity contribution in [3.8, 4) is 0 Å². The number of likely N-dealkylation sites (N-methyl/N-ethyl adjacent to an activating group) is 1. The number of aliphatic hydroxyl groups excluding tert-OH is 1. The van der Waals surface area contributed by atoms with Crippen molar-refractivity contribution in [2.75, 3.05) is 24.3 Å². The number of aliphatic hydroxyl groups is 1. The molecule has 0 atom stereocenters. The van der Waals surface area contributed by atoms with Crippen LogP contribution in [0.3, 0.4) is 0 Å². The third-order valence-electron chi connectivity index (χ3n) is 3.24. The van der Waals surface area contributed by atoms with Gasteiger partial charge < -0.3 is 10.0 Å². The van der Waals surface area contributed by atoms with E-state index in [-0.39, 0.29) is 12.4 Å². The van der Waals surface area contributed by atoms with Crippen LogP contribution in [0.5, 0.6) is 0 Å². The quantitative estimate of drug-likeness (QED) is 0.885. The Hall–Kier alpha value is -1.07. The van der Waals surface area contributed by atoms with Crippen molar-refractivity contribution in [3.05, 3.63) is 24.3 Å². The lowest BCUT2D eigenvalue weighted by Crippen LogP contribution is -2.45. The summed E-state index contributed by atoms with van der Waals surface area (Å²) in [4.78, 5) is 2.12. The van der Waals surface area contributed by atoms with E-state index in [1.807, 2.05) is 13.8 Å². The van der Waals surface area contributed by atoms with Gasteiger partial charge in [0.1, 0.15) is 0 Å². The van der Waals surface area contributed by atoms with E-state index in [0.717, 1.165) is 0 Å². The number of sulfone groups is 1. The Morgan fingerprint density at radius 2 is 1.83 bits per heavy atom. The molecule has 0 aliphatic heterocycles. The van der Waals surface area contributed by atoms with Gasteiger partial charge in [0, 0.05) is 7.05 Å². The molecule has 0 fully saturated rings. The summed E-state index contributed by atoms with van der Waals surface area (Å²) in [6.07, 6.45) is 0. The molecule has 1 aromatic rings. The lowest BCUT2D eigenvalue weighted by atomic mass is 10.0. The summed E-state index contributed by atoms with van der Waals surface area (Å²) in [6, 6.07) is 6.89. The molecule has 0 saturated heterocycles. The van der Waals surface area contributed by atoms with Crippen LogP contribution in [0.2, 0.25) is 0 Å². The fraction of sp³-hybridized carbons (Fsp3) is 0.538. The molecule has 0 unspecified atom stereocenters. The normalized spacial score (nSPS) is 12.5. The van der Waals surface area contributed by atoms with Crippen molar-refractivity contribution >= 4 is 15.5 Å². The second kappa shape index (κ2) is 5.28. The summed E-state index contributed by atoms with van der Waals surface area (Å²) < 4.78 is 24.1. The zero-order chi connectivity index (χ0) is 14.0. The molecule has 18 heavy (non-hydrogen) atoms. The van der Waals surface area contributed by atoms with Crippen LogP contribution in [0.15, 0.2) is 29.2 Å². The van der Waals surface area contributed by atoms with E-state index < -0.39 is 15.4 Å². The van der Waals surface area contributed by atoms with Gasteiger partial charge in [0.2, 0.25) is 0 Å². The Morgan fingerprint density at radius 3 is 2.33 bits per heavy atom. The van der Waals surface area contributed by atoms with Crippen LogP contribution in [0.1, 0.15) is 20.8 Å². The average molecular weight is 271 g/mol. The molecule has 0 aliphatic rings. The minimum absolute atomic E-state index is 0.0516. The molecule has 0 bridgehead atoms. The number of hydrogen-bond donors (Lipinski definition) is 1. The lowest BCUT2D eigenvalue weighted by Gasteiger charge is -2.36. The van der Waals surface area contributed by atoms with Crippen molar-refractivity contribution < 1.29 is 13.5 Å². The summed E-state index contributed by atoms with van der Waals surface area (Å²) in [7, 11) is -1.47. The predicted octanol–water partition coefficient (Wildman–Crippen LogP) is 1.69. The van der Waals surface area contributed by atoms with Gasteiger partial charge in [-0.15, -0.1) is 0 Å². The molecule has 0 amide bonds. The van der Waals surface area contributed by atoms with Crippen molar-refractivity contribution in [3.63, 3.8) is 0 Å². The summed E-state index contributed by atoms with van der Waals surface area (Å²) in [6.45, 7) is 5.30. The first-order valence-corrected chi connectivity index (χ1v) is 7.58. The number of anilines is 1. The monoisotopic (exact) mass is 271 g/mol. The summed E-state index contributed by atoms with van der Waals surface area (Å²) in [5.74, 6) is 0.0669. The minimum atomic E-state index is -3.27. The average Bonchev–Trinajstić information content (AvgIpc) is 2.37. The third-order valence-corrected chi connectivity index (χ3v) is 5.01. The zero-order valence-corrected chi connectivity index (χ0v) is 12.2. The van der Waals surface area contributed by atoms with Crippen molar-refractivity contribution in [2.24, 2.45) is 0 Å². The molecule has 0 spiro atoms. The third kappa shape index (κ3) is 2.84. The van der Waals surface area contributed by atoms with E-state index in [4.69, 9.17) is 0 Å². The highest BCUT2D eigenvalue weighted by atomic mass is 32.2. The fourth-order valence-electron chi connectivity index (χ4n) is 1.58. The molecule has 0 aliphatic carbocycles. The summed E-state index contributed by atoms with van der Waals surface area (Å²) in [5, 5.41) is 9.39. The van der Waals surface area contributed by atoms with E-state index in [9.17, 15) is 13.5 Å². The van der Waals surface area contributed by atoms with Crippen LogP contribution in [0, 0.1) is 0 Å². The SMILES string of the molecule is CCS(=O)(=O)c1ccccc1N(C)C(C)(C)CO. The number of hydrogen-bond acceptors (Lipinski definition) is 4. The molecule has 1 N–H and O–H groups in total. The summed E-state index contributed by atoms with van der Waals surface area (Å²) in [5.41, 5.74) is 0.109. The highest BCUT2D eigenvalue weighted by molar-refractivity contribution is 7.91. The summed E-state index contributed by atoms with van der Waals surface area (Å²) >= 11 is 0. The Labute approximate surface area is 109 Å². The van der Waals surface area contributed by atoms with Crippen molar-refractivity contribution in [1.82, 2.24) is 0 Å². The minimum Gasteiger partial charge on any atom is -0.394 e. The molecule has 0 saturated carbocycles. The lowest BCUT2D eigenvalue weighted by molar-refractivity contribution is 0.216. The Morgan fingerprint density at radius 1 is 1.28 bits per heavy atom. The van der Waals surface area contributed by atoms with Crippen LogP contribution < -0.4 is 4.90 Å². The molecule has 4 nitrogen and oxygen atoms in total. The second-order valence-corrected chi connectivity index (χ2v) is 7.15. The first-order valence-electron chi connectivity index (χ1n) is 5.92. The van der Waals surface area contributed by atoms with Gasteiger partial charge in [-0.05, 0) is 26.0 Å². The van der Waals surface area contributed by atoms with Gasteiger partial charge in [0.25, 0.3) is 0 Å². The largest absolute Gasteiger partial charge is 0.394 e. The maximum atomic E-state index is 12.1. The smallest absolute Gasteiger partial charge is 0.180 e. The maximum Gasteiger partial charge on any atom is 0.180 e. The molecule has 102 valence electrons. The first kappa shape index (κ1) is 15.0. The number of para-hydroxylation sites is 1. The van der Waals surface area contributed by atoms with Crippen LogP contribution in [-0.2, 0) is 9.84 Å². The van der Waals surface area contributed by atoms with Crippen LogP contribution in [0.25, 0.3) is 0 Å². The molecular weight excluding hydrogens is 250 g/mol. The molecule has 0 aromatic heterocycles. The topological polar surface area (TPSA) is 57.6 Å². The van der Waals surface area contributed by atoms with Crippen molar-refractivity contribution in [2.45, 2.75) is 31.2 Å². The van der Waals surface area contributed by atoms with Gasteiger partial charge >= 0.3 is 0 Å². The molecule has 1 rings (SSSR count). The molecule has 5 heteroatoms.